The summed E-state index contributed by atoms with van der Waals surface area (Å²) in [4.78, 5) is 4.38. The fourth-order valence-electron chi connectivity index (χ4n) is 2.75. The summed E-state index contributed by atoms with van der Waals surface area (Å²) in [7, 11) is 1.62. The van der Waals surface area contributed by atoms with E-state index in [9.17, 15) is 0 Å². The molecule has 0 radical (unpaired) electrons. The highest BCUT2D eigenvalue weighted by atomic mass is 16.5. The van der Waals surface area contributed by atoms with Gasteiger partial charge in [-0.3, -0.25) is 0 Å². The van der Waals surface area contributed by atoms with Gasteiger partial charge >= 0.3 is 0 Å². The molecule has 2 aromatic heterocycles. The molecule has 0 aliphatic carbocycles. The number of hydrogen-bond acceptors (Lipinski definition) is 8. The SMILES string of the molecule is COc1ccc(-c2noc(-c3ccc(NC[C@@H]4CCCO4)nn3)n2)cc1. The minimum absolute atomic E-state index is 0.250. The summed E-state index contributed by atoms with van der Waals surface area (Å²) in [6.45, 7) is 1.57. The number of nitrogens with zero attached hydrogens (tertiary/aromatic N) is 4. The summed E-state index contributed by atoms with van der Waals surface area (Å²) in [6, 6.07) is 11.1. The molecular weight excluding hydrogens is 334 g/mol. The van der Waals surface area contributed by atoms with Gasteiger partial charge in [0, 0.05) is 18.7 Å². The van der Waals surface area contributed by atoms with Crippen molar-refractivity contribution in [3.63, 3.8) is 0 Å². The summed E-state index contributed by atoms with van der Waals surface area (Å²) >= 11 is 0. The average molecular weight is 353 g/mol. The topological polar surface area (TPSA) is 95.2 Å². The van der Waals surface area contributed by atoms with Gasteiger partial charge in [-0.05, 0) is 49.2 Å². The number of rotatable bonds is 6. The van der Waals surface area contributed by atoms with Gasteiger partial charge in [-0.15, -0.1) is 10.2 Å². The van der Waals surface area contributed by atoms with Crippen molar-refractivity contribution in [1.29, 1.82) is 0 Å². The molecule has 0 bridgehead atoms. The number of benzene rings is 1. The molecule has 1 N–H and O–H groups in total. The van der Waals surface area contributed by atoms with Crippen LogP contribution in [0.4, 0.5) is 5.82 Å². The summed E-state index contributed by atoms with van der Waals surface area (Å²) < 4.78 is 16.0. The van der Waals surface area contributed by atoms with Crippen LogP contribution in [0.5, 0.6) is 5.75 Å². The highest BCUT2D eigenvalue weighted by molar-refractivity contribution is 5.59. The molecule has 3 aromatic rings. The summed E-state index contributed by atoms with van der Waals surface area (Å²) in [6.07, 6.45) is 2.44. The number of nitrogens with one attached hydrogen (secondary N) is 1. The van der Waals surface area contributed by atoms with Gasteiger partial charge in [0.2, 0.25) is 5.82 Å². The average Bonchev–Trinajstić information content (AvgIpc) is 3.39. The second-order valence-electron chi connectivity index (χ2n) is 5.97. The molecule has 26 heavy (non-hydrogen) atoms. The number of aromatic nitrogens is 4. The van der Waals surface area contributed by atoms with E-state index in [0.717, 1.165) is 37.3 Å². The maximum Gasteiger partial charge on any atom is 0.278 e. The van der Waals surface area contributed by atoms with Gasteiger partial charge < -0.3 is 19.3 Å². The van der Waals surface area contributed by atoms with Crippen LogP contribution in [0.25, 0.3) is 23.0 Å². The van der Waals surface area contributed by atoms with E-state index >= 15 is 0 Å². The van der Waals surface area contributed by atoms with E-state index in [-0.39, 0.29) is 6.10 Å². The smallest absolute Gasteiger partial charge is 0.278 e. The second-order valence-corrected chi connectivity index (χ2v) is 5.97. The first kappa shape index (κ1) is 16.5. The van der Waals surface area contributed by atoms with Gasteiger partial charge in [-0.1, -0.05) is 5.16 Å². The van der Waals surface area contributed by atoms with Crippen molar-refractivity contribution in [3.05, 3.63) is 36.4 Å². The van der Waals surface area contributed by atoms with E-state index in [1.807, 2.05) is 30.3 Å². The maximum atomic E-state index is 5.58. The predicted molar refractivity (Wildman–Crippen MR) is 94.8 cm³/mol. The molecule has 0 amide bonds. The van der Waals surface area contributed by atoms with E-state index < -0.39 is 0 Å². The maximum absolute atomic E-state index is 5.58. The highest BCUT2D eigenvalue weighted by Gasteiger charge is 2.16. The molecule has 1 aliphatic heterocycles. The van der Waals surface area contributed by atoms with E-state index in [4.69, 9.17) is 14.0 Å². The lowest BCUT2D eigenvalue weighted by atomic mass is 10.2. The Labute approximate surface area is 150 Å². The van der Waals surface area contributed by atoms with Gasteiger partial charge in [-0.2, -0.15) is 4.98 Å². The molecule has 134 valence electrons. The molecule has 3 heterocycles. The third-order valence-corrected chi connectivity index (χ3v) is 4.19. The van der Waals surface area contributed by atoms with Crippen molar-refractivity contribution in [1.82, 2.24) is 20.3 Å². The normalized spacial score (nSPS) is 16.6. The molecule has 1 aliphatic rings. The Hall–Kier alpha value is -3.00. The number of anilines is 1. The lowest BCUT2D eigenvalue weighted by Gasteiger charge is -2.10. The zero-order valence-electron chi connectivity index (χ0n) is 14.4. The molecule has 0 unspecified atom stereocenters. The van der Waals surface area contributed by atoms with Crippen molar-refractivity contribution in [3.8, 4) is 28.7 Å². The van der Waals surface area contributed by atoms with E-state index in [1.165, 1.54) is 0 Å². The Balaban J connectivity index is 1.43. The van der Waals surface area contributed by atoms with Gasteiger partial charge in [-0.25, -0.2) is 0 Å². The largest absolute Gasteiger partial charge is 0.497 e. The van der Waals surface area contributed by atoms with Crippen molar-refractivity contribution >= 4 is 5.82 Å². The first-order chi connectivity index (χ1) is 12.8. The third-order valence-electron chi connectivity index (χ3n) is 4.19. The highest BCUT2D eigenvalue weighted by Crippen LogP contribution is 2.23. The number of ether oxygens (including phenoxy) is 2. The molecule has 1 saturated heterocycles. The Morgan fingerprint density at radius 2 is 2.04 bits per heavy atom. The van der Waals surface area contributed by atoms with Gasteiger partial charge in [0.15, 0.2) is 5.69 Å². The molecule has 8 nitrogen and oxygen atoms in total. The first-order valence-electron chi connectivity index (χ1n) is 8.49. The van der Waals surface area contributed by atoms with Crippen LogP contribution in [0.15, 0.2) is 40.9 Å². The van der Waals surface area contributed by atoms with Gasteiger partial charge in [0.05, 0.1) is 13.2 Å². The number of hydrogen-bond donors (Lipinski definition) is 1. The van der Waals surface area contributed by atoms with Crippen molar-refractivity contribution in [2.24, 2.45) is 0 Å². The minimum Gasteiger partial charge on any atom is -0.497 e. The Morgan fingerprint density at radius 3 is 2.73 bits per heavy atom. The zero-order valence-corrected chi connectivity index (χ0v) is 14.4. The Kier molecular flexibility index (Phi) is 4.74. The lowest BCUT2D eigenvalue weighted by molar-refractivity contribution is 0.120. The molecule has 1 atom stereocenters. The van der Waals surface area contributed by atoms with Gasteiger partial charge in [0.25, 0.3) is 5.89 Å². The Bertz CT molecular complexity index is 842. The molecule has 4 rings (SSSR count). The van der Waals surface area contributed by atoms with Crippen molar-refractivity contribution < 1.29 is 14.0 Å². The molecule has 1 aromatic carbocycles. The van der Waals surface area contributed by atoms with Crippen LogP contribution in [0, 0.1) is 0 Å². The first-order valence-corrected chi connectivity index (χ1v) is 8.49. The fourth-order valence-corrected chi connectivity index (χ4v) is 2.75. The second kappa shape index (κ2) is 7.49. The summed E-state index contributed by atoms with van der Waals surface area (Å²) in [5.41, 5.74) is 1.36. The van der Waals surface area contributed by atoms with Crippen LogP contribution in [0.1, 0.15) is 12.8 Å². The van der Waals surface area contributed by atoms with E-state index in [2.05, 4.69) is 25.7 Å². The van der Waals surface area contributed by atoms with E-state index in [0.29, 0.717) is 23.2 Å². The molecular formula is C18H19N5O3. The summed E-state index contributed by atoms with van der Waals surface area (Å²) in [5.74, 6) is 2.28. The molecule has 0 saturated carbocycles. The third kappa shape index (κ3) is 3.65. The quantitative estimate of drug-likeness (QED) is 0.723. The van der Waals surface area contributed by atoms with E-state index in [1.54, 1.807) is 13.2 Å². The lowest BCUT2D eigenvalue weighted by Crippen LogP contribution is -2.19. The minimum atomic E-state index is 0.250. The summed E-state index contributed by atoms with van der Waals surface area (Å²) in [5, 5.41) is 15.6. The van der Waals surface area contributed by atoms with Crippen molar-refractivity contribution in [2.75, 3.05) is 25.6 Å². The standard InChI is InChI=1S/C18H19N5O3/c1-24-13-6-4-12(5-7-13)17-20-18(26-23-17)15-8-9-16(22-21-15)19-11-14-3-2-10-25-14/h4-9,14H,2-3,10-11H2,1H3,(H,19,22)/t14-/m0/s1. The van der Waals surface area contributed by atoms with Gasteiger partial charge in [0.1, 0.15) is 11.6 Å². The monoisotopic (exact) mass is 353 g/mol. The zero-order chi connectivity index (χ0) is 17.8. The molecule has 8 heteroatoms. The van der Waals surface area contributed by atoms with Crippen LogP contribution >= 0.6 is 0 Å². The predicted octanol–water partition coefficient (Wildman–Crippen LogP) is 2.79. The van der Waals surface area contributed by atoms with Crippen LogP contribution in [-0.4, -0.2) is 46.7 Å². The van der Waals surface area contributed by atoms with Crippen LogP contribution < -0.4 is 10.1 Å². The molecule has 1 fully saturated rings. The Morgan fingerprint density at radius 1 is 1.15 bits per heavy atom. The number of methoxy groups -OCH3 is 1. The fraction of sp³-hybridized carbons (Fsp3) is 0.333. The van der Waals surface area contributed by atoms with Crippen LogP contribution in [0.2, 0.25) is 0 Å². The van der Waals surface area contributed by atoms with Crippen LogP contribution in [0.3, 0.4) is 0 Å². The van der Waals surface area contributed by atoms with Crippen molar-refractivity contribution in [2.45, 2.75) is 18.9 Å². The molecule has 0 spiro atoms. The van der Waals surface area contributed by atoms with Crippen LogP contribution in [-0.2, 0) is 4.74 Å².